The molecule has 0 saturated heterocycles. The molecule has 0 spiro atoms. The Morgan fingerprint density at radius 1 is 0.936 bits per heavy atom. The second kappa shape index (κ2) is 15.7. The molecule has 0 amide bonds. The van der Waals surface area contributed by atoms with Crippen LogP contribution < -0.4 is 60.6 Å². The average Bonchev–Trinajstić information content (AvgIpc) is 3.61. The van der Waals surface area contributed by atoms with Gasteiger partial charge in [-0.05, 0) is 42.8 Å². The summed E-state index contributed by atoms with van der Waals surface area (Å²) in [4.78, 5) is 15.9. The fourth-order valence-electron chi connectivity index (χ4n) is 5.03. The van der Waals surface area contributed by atoms with E-state index in [9.17, 15) is 30.7 Å². The summed E-state index contributed by atoms with van der Waals surface area (Å²) < 4.78 is 77.2. The Balaban J connectivity index is 0.00000500. The monoisotopic (exact) mass is 726 g/mol. The third-order valence-corrected chi connectivity index (χ3v) is 10.8. The van der Waals surface area contributed by atoms with E-state index >= 15 is 0 Å². The van der Waals surface area contributed by atoms with Crippen LogP contribution in [0.1, 0.15) is 17.8 Å². The van der Waals surface area contributed by atoms with Crippen LogP contribution in [0.15, 0.2) is 79.8 Å². The third-order valence-electron chi connectivity index (χ3n) is 6.93. The van der Waals surface area contributed by atoms with E-state index in [1.807, 2.05) is 64.1 Å². The average molecular weight is 727 g/mol. The molecule has 244 valence electrons. The van der Waals surface area contributed by atoms with E-state index in [1.165, 1.54) is 23.1 Å². The van der Waals surface area contributed by atoms with Gasteiger partial charge in [0.25, 0.3) is 5.01 Å². The number of thiazole rings is 1. The van der Waals surface area contributed by atoms with Crippen LogP contribution in [0.25, 0.3) is 28.4 Å². The van der Waals surface area contributed by atoms with Gasteiger partial charge in [-0.1, -0.05) is 47.4 Å². The van der Waals surface area contributed by atoms with Crippen LogP contribution in [0.3, 0.4) is 0 Å². The summed E-state index contributed by atoms with van der Waals surface area (Å²) in [5.41, 5.74) is 1.50. The van der Waals surface area contributed by atoms with Crippen molar-refractivity contribution in [2.45, 2.75) is 24.3 Å². The third kappa shape index (κ3) is 9.49. The molecule has 3 heterocycles. The second-order valence-corrected chi connectivity index (χ2v) is 15.7. The van der Waals surface area contributed by atoms with Crippen molar-refractivity contribution in [1.29, 1.82) is 0 Å². The molecule has 0 saturated carbocycles. The van der Waals surface area contributed by atoms with Gasteiger partial charge in [0.1, 0.15) is 4.70 Å². The van der Waals surface area contributed by atoms with Gasteiger partial charge in [-0.2, -0.15) is 4.57 Å². The molecule has 0 atom stereocenters. The topological polar surface area (TPSA) is 160 Å². The Labute approximate surface area is 302 Å². The SMILES string of the molecule is CN(C)n1c(=CC=Cc2sc3ccccc3[n+]2CCCS(=O)(=O)[O-])oc(=O)c1=CC=C1Sc2ccccc2N1CCCS(=O)(=O)[O-].[Na+]. The Hall–Kier alpha value is -2.67. The van der Waals surface area contributed by atoms with Crippen molar-refractivity contribution in [3.63, 3.8) is 0 Å². The fraction of sp³-hybridized carbons (Fsp3) is 0.267. The zero-order chi connectivity index (χ0) is 33.1. The van der Waals surface area contributed by atoms with Crippen LogP contribution in [0.4, 0.5) is 5.69 Å². The Bertz CT molecular complexity index is 2220. The maximum absolute atomic E-state index is 13.0. The minimum Gasteiger partial charge on any atom is -0.748 e. The molecular weight excluding hydrogens is 696 g/mol. The van der Waals surface area contributed by atoms with Crippen molar-refractivity contribution < 1.29 is 64.5 Å². The molecule has 2 aromatic heterocycles. The van der Waals surface area contributed by atoms with E-state index in [-0.39, 0.29) is 53.3 Å². The summed E-state index contributed by atoms with van der Waals surface area (Å²) in [5.74, 6) is -0.933. The summed E-state index contributed by atoms with van der Waals surface area (Å²) in [5, 5.41) is 3.54. The van der Waals surface area contributed by atoms with Gasteiger partial charge in [-0.3, -0.25) is 0 Å². The first kappa shape index (κ1) is 37.2. The van der Waals surface area contributed by atoms with Crippen LogP contribution in [-0.2, 0) is 26.8 Å². The molecule has 0 N–H and O–H groups in total. The number of thioether (sulfide) groups is 1. The van der Waals surface area contributed by atoms with Crippen LogP contribution in [-0.4, -0.2) is 62.8 Å². The Morgan fingerprint density at radius 2 is 1.62 bits per heavy atom. The number of rotatable bonds is 12. The van der Waals surface area contributed by atoms with Gasteiger partial charge in [0.15, 0.2) is 11.9 Å². The number of hydrogen-bond donors (Lipinski definition) is 0. The normalized spacial score (nSPS) is 15.2. The molecule has 0 unspecified atom stereocenters. The molecule has 0 fully saturated rings. The number of allylic oxidation sites excluding steroid dienone is 2. The number of nitrogens with zero attached hydrogens (tertiary/aromatic N) is 4. The minimum atomic E-state index is -4.35. The number of aryl methyl sites for hydroxylation is 1. The molecule has 17 heteroatoms. The Kier molecular flexibility index (Phi) is 12.4. The number of hydrogen-bond acceptors (Lipinski definition) is 12. The van der Waals surface area contributed by atoms with Crippen molar-refractivity contribution in [3.05, 3.63) is 92.0 Å². The van der Waals surface area contributed by atoms with E-state index < -0.39 is 37.4 Å². The number of aromatic nitrogens is 2. The molecular formula is C30H31N4NaO8S4. The minimum absolute atomic E-state index is 0. The maximum Gasteiger partial charge on any atom is 1.00 e. The van der Waals surface area contributed by atoms with Gasteiger partial charge in [0.2, 0.25) is 11.1 Å². The van der Waals surface area contributed by atoms with Crippen LogP contribution in [0, 0.1) is 0 Å². The van der Waals surface area contributed by atoms with E-state index in [4.69, 9.17) is 4.42 Å². The summed E-state index contributed by atoms with van der Waals surface area (Å²) in [6.45, 7) is 0.649. The van der Waals surface area contributed by atoms with Crippen molar-refractivity contribution >= 4 is 77.5 Å². The van der Waals surface area contributed by atoms with Gasteiger partial charge in [-0.25, -0.2) is 26.3 Å². The predicted molar refractivity (Wildman–Crippen MR) is 178 cm³/mol. The van der Waals surface area contributed by atoms with Gasteiger partial charge in [-0.15, -0.1) is 0 Å². The molecule has 2 aromatic carbocycles. The zero-order valence-corrected chi connectivity index (χ0v) is 31.2. The number of fused-ring (bicyclic) bond motifs is 2. The molecule has 12 nitrogen and oxygen atoms in total. The quantitative estimate of drug-likeness (QED) is 0.0975. The van der Waals surface area contributed by atoms with Crippen molar-refractivity contribution in [2.24, 2.45) is 0 Å². The largest absolute Gasteiger partial charge is 1.00 e. The fourth-order valence-corrected chi connectivity index (χ4v) is 8.19. The van der Waals surface area contributed by atoms with Gasteiger partial charge < -0.3 is 23.4 Å². The van der Waals surface area contributed by atoms with E-state index in [1.54, 1.807) is 48.1 Å². The molecule has 1 aliphatic rings. The molecule has 4 aromatic rings. The van der Waals surface area contributed by atoms with E-state index in [0.717, 1.165) is 30.8 Å². The Morgan fingerprint density at radius 3 is 2.34 bits per heavy atom. The van der Waals surface area contributed by atoms with Crippen molar-refractivity contribution in [2.75, 3.05) is 42.1 Å². The smallest absolute Gasteiger partial charge is 0.748 e. The summed E-state index contributed by atoms with van der Waals surface area (Å²) in [6, 6.07) is 15.3. The zero-order valence-electron chi connectivity index (χ0n) is 25.9. The molecule has 47 heavy (non-hydrogen) atoms. The van der Waals surface area contributed by atoms with Crippen LogP contribution >= 0.6 is 23.1 Å². The summed E-state index contributed by atoms with van der Waals surface area (Å²) >= 11 is 2.98. The maximum atomic E-state index is 13.0. The van der Waals surface area contributed by atoms with E-state index in [2.05, 4.69) is 0 Å². The first-order chi connectivity index (χ1) is 21.8. The van der Waals surface area contributed by atoms with Crippen molar-refractivity contribution in [3.8, 4) is 0 Å². The molecule has 1 aliphatic heterocycles. The molecule has 0 bridgehead atoms. The number of para-hydroxylation sites is 2. The van der Waals surface area contributed by atoms with Crippen molar-refractivity contribution in [1.82, 2.24) is 4.68 Å². The summed E-state index contributed by atoms with van der Waals surface area (Å²) in [7, 11) is -5.14. The molecule has 0 radical (unpaired) electrons. The molecule has 5 rings (SSSR count). The first-order valence-electron chi connectivity index (χ1n) is 14.1. The first-order valence-corrected chi connectivity index (χ1v) is 18.9. The molecule has 0 aliphatic carbocycles. The van der Waals surface area contributed by atoms with Gasteiger partial charge in [0.05, 0.1) is 31.0 Å². The predicted octanol–water partition coefficient (Wildman–Crippen LogP) is -1.26. The van der Waals surface area contributed by atoms with E-state index in [0.29, 0.717) is 13.1 Å². The standard InChI is InChI=1S/C30H32N4O8S4.Na/c1-31(2)34-24(16-17-29-33(19-9-21-46(39,40)41)23-11-4-6-13-26(23)44-29)30(35)42-27(34)14-7-15-28-32(18-8-20-45(36,37)38)22-10-3-5-12-25(22)43-28;/h3-7,10-17H,8-9,18-21H2,1-2H3,(H-,36,37,38,39,40,41);/q;+1/p-1. The van der Waals surface area contributed by atoms with Gasteiger partial charge >= 0.3 is 35.2 Å². The second-order valence-electron chi connectivity index (χ2n) is 10.5. The van der Waals surface area contributed by atoms with Crippen LogP contribution in [0.2, 0.25) is 0 Å². The number of oxazole rings is 1. The van der Waals surface area contributed by atoms with Gasteiger partial charge in [0, 0.05) is 61.7 Å². The number of anilines is 1. The number of benzene rings is 2. The van der Waals surface area contributed by atoms with Crippen LogP contribution in [0.5, 0.6) is 0 Å². The summed E-state index contributed by atoms with van der Waals surface area (Å²) in [6.07, 6.45) is 8.96.